The number of hydrogen-bond donors (Lipinski definition) is 1. The minimum absolute atomic E-state index is 0.255. The molecule has 0 aromatic heterocycles. The van der Waals surface area contributed by atoms with Crippen LogP contribution in [0.1, 0.15) is 12.0 Å². The van der Waals surface area contributed by atoms with E-state index in [1.807, 2.05) is 0 Å². The van der Waals surface area contributed by atoms with Crippen molar-refractivity contribution in [1.82, 2.24) is 5.32 Å². The van der Waals surface area contributed by atoms with Gasteiger partial charge in [-0.3, -0.25) is 0 Å². The van der Waals surface area contributed by atoms with Gasteiger partial charge >= 0.3 is 6.36 Å². The number of benzene rings is 1. The van der Waals surface area contributed by atoms with E-state index in [1.165, 1.54) is 6.07 Å². The number of halogens is 4. The van der Waals surface area contributed by atoms with Crippen LogP contribution < -0.4 is 10.1 Å². The first kappa shape index (κ1) is 14.9. The molecule has 0 fully saturated rings. The van der Waals surface area contributed by atoms with Crippen LogP contribution in [0.25, 0.3) is 0 Å². The van der Waals surface area contributed by atoms with Gasteiger partial charge in [0.2, 0.25) is 0 Å². The summed E-state index contributed by atoms with van der Waals surface area (Å²) in [6.07, 6.45) is 1.01. The van der Waals surface area contributed by atoms with Crippen LogP contribution in [0, 0.1) is 12.3 Å². The molecule has 0 saturated heterocycles. The first-order valence-corrected chi connectivity index (χ1v) is 5.90. The van der Waals surface area contributed by atoms with E-state index in [2.05, 4.69) is 31.9 Å². The second kappa shape index (κ2) is 6.66. The van der Waals surface area contributed by atoms with Crippen molar-refractivity contribution in [1.29, 1.82) is 0 Å². The van der Waals surface area contributed by atoms with E-state index in [0.29, 0.717) is 19.5 Å². The molecule has 2 nitrogen and oxygen atoms in total. The third-order valence-corrected chi connectivity index (χ3v) is 2.62. The Morgan fingerprint density at radius 2 is 2.11 bits per heavy atom. The first-order chi connectivity index (χ1) is 8.42. The van der Waals surface area contributed by atoms with Gasteiger partial charge in [0.25, 0.3) is 0 Å². The van der Waals surface area contributed by atoms with Crippen molar-refractivity contribution in [3.63, 3.8) is 0 Å². The van der Waals surface area contributed by atoms with Crippen molar-refractivity contribution in [3.8, 4) is 18.1 Å². The smallest absolute Gasteiger partial charge is 0.405 e. The Hall–Kier alpha value is -1.19. The molecule has 0 heterocycles. The van der Waals surface area contributed by atoms with E-state index in [-0.39, 0.29) is 10.2 Å². The fourth-order valence-electron chi connectivity index (χ4n) is 1.26. The molecule has 1 rings (SSSR count). The molecule has 0 saturated carbocycles. The topological polar surface area (TPSA) is 21.3 Å². The van der Waals surface area contributed by atoms with Crippen LogP contribution in [0.5, 0.6) is 5.75 Å². The Labute approximate surface area is 112 Å². The minimum atomic E-state index is -4.69. The summed E-state index contributed by atoms with van der Waals surface area (Å²) in [7, 11) is 0. The van der Waals surface area contributed by atoms with Gasteiger partial charge in [-0.2, -0.15) is 0 Å². The zero-order valence-corrected chi connectivity index (χ0v) is 10.9. The molecule has 0 aliphatic heterocycles. The molecule has 1 N–H and O–H groups in total. The molecule has 1 aromatic rings. The van der Waals surface area contributed by atoms with Crippen molar-refractivity contribution in [2.45, 2.75) is 19.3 Å². The highest BCUT2D eigenvalue weighted by Gasteiger charge is 2.31. The average Bonchev–Trinajstić information content (AvgIpc) is 2.26. The van der Waals surface area contributed by atoms with Gasteiger partial charge < -0.3 is 10.1 Å². The lowest BCUT2D eigenvalue weighted by Crippen LogP contribution is -2.18. The molecule has 18 heavy (non-hydrogen) atoms. The number of alkyl halides is 3. The van der Waals surface area contributed by atoms with Gasteiger partial charge in [0.15, 0.2) is 0 Å². The third kappa shape index (κ3) is 5.43. The van der Waals surface area contributed by atoms with Crippen molar-refractivity contribution in [2.24, 2.45) is 0 Å². The van der Waals surface area contributed by atoms with Gasteiger partial charge in [0, 0.05) is 19.5 Å². The second-order valence-corrected chi connectivity index (χ2v) is 4.30. The van der Waals surface area contributed by atoms with Crippen LogP contribution in [0.15, 0.2) is 22.7 Å². The van der Waals surface area contributed by atoms with E-state index in [1.54, 1.807) is 12.1 Å². The van der Waals surface area contributed by atoms with Gasteiger partial charge in [-0.05, 0) is 33.6 Å². The Kier molecular flexibility index (Phi) is 5.51. The molecule has 1 aromatic carbocycles. The van der Waals surface area contributed by atoms with Crippen LogP contribution in [0.3, 0.4) is 0 Å². The summed E-state index contributed by atoms with van der Waals surface area (Å²) in [5.74, 6) is 2.23. The molecule has 0 aliphatic rings. The van der Waals surface area contributed by atoms with Gasteiger partial charge in [0.05, 0.1) is 4.47 Å². The second-order valence-electron chi connectivity index (χ2n) is 3.44. The van der Waals surface area contributed by atoms with Crippen LogP contribution in [-0.2, 0) is 6.54 Å². The molecule has 98 valence electrons. The zero-order valence-electron chi connectivity index (χ0n) is 9.35. The highest BCUT2D eigenvalue weighted by atomic mass is 79.9. The van der Waals surface area contributed by atoms with Gasteiger partial charge in [-0.25, -0.2) is 0 Å². The molecule has 0 unspecified atom stereocenters. The number of hydrogen-bond acceptors (Lipinski definition) is 2. The van der Waals surface area contributed by atoms with E-state index in [0.717, 1.165) is 5.56 Å². The molecule has 6 heteroatoms. The van der Waals surface area contributed by atoms with Gasteiger partial charge in [-0.15, -0.1) is 25.5 Å². The summed E-state index contributed by atoms with van der Waals surface area (Å²) in [5, 5.41) is 3.07. The van der Waals surface area contributed by atoms with Crippen molar-refractivity contribution in [2.75, 3.05) is 6.54 Å². The lowest BCUT2D eigenvalue weighted by Gasteiger charge is -2.11. The van der Waals surface area contributed by atoms with Crippen molar-refractivity contribution in [3.05, 3.63) is 28.2 Å². The van der Waals surface area contributed by atoms with Crippen LogP contribution in [0.4, 0.5) is 13.2 Å². The number of ether oxygens (including phenoxy) is 1. The number of rotatable bonds is 5. The zero-order chi connectivity index (χ0) is 13.6. The largest absolute Gasteiger partial charge is 0.573 e. The Morgan fingerprint density at radius 1 is 1.39 bits per heavy atom. The van der Waals surface area contributed by atoms with E-state index in [4.69, 9.17) is 6.42 Å². The Morgan fingerprint density at radius 3 is 2.67 bits per heavy atom. The maximum atomic E-state index is 12.0. The third-order valence-electron chi connectivity index (χ3n) is 2.00. The van der Waals surface area contributed by atoms with Crippen molar-refractivity contribution >= 4 is 15.9 Å². The van der Waals surface area contributed by atoms with Crippen molar-refractivity contribution < 1.29 is 17.9 Å². The highest BCUT2D eigenvalue weighted by Crippen LogP contribution is 2.30. The molecular formula is C12H11BrF3NO. The maximum Gasteiger partial charge on any atom is 0.573 e. The molecular weight excluding hydrogens is 311 g/mol. The van der Waals surface area contributed by atoms with E-state index < -0.39 is 6.36 Å². The summed E-state index contributed by atoms with van der Waals surface area (Å²) in [6.45, 7) is 1.20. The van der Waals surface area contributed by atoms with E-state index in [9.17, 15) is 13.2 Å². The fourth-order valence-corrected chi connectivity index (χ4v) is 1.76. The molecule has 0 spiro atoms. The Bertz CT molecular complexity index is 440. The first-order valence-electron chi connectivity index (χ1n) is 5.11. The Balaban J connectivity index is 2.60. The highest BCUT2D eigenvalue weighted by molar-refractivity contribution is 9.10. The van der Waals surface area contributed by atoms with Crippen LogP contribution >= 0.6 is 15.9 Å². The summed E-state index contributed by atoms with van der Waals surface area (Å²) in [6, 6.07) is 4.41. The van der Waals surface area contributed by atoms with Crippen LogP contribution in [-0.4, -0.2) is 12.9 Å². The SMILES string of the molecule is C#CCCNCc1ccc(OC(F)(F)F)c(Br)c1. The number of nitrogens with one attached hydrogen (secondary N) is 1. The maximum absolute atomic E-state index is 12.0. The van der Waals surface area contributed by atoms with Crippen LogP contribution in [0.2, 0.25) is 0 Å². The standard InChI is InChI=1S/C12H11BrF3NO/c1-2-3-6-17-8-9-4-5-11(10(13)7-9)18-12(14,15)16/h1,4-5,7,17H,3,6,8H2. The molecule has 0 atom stereocenters. The lowest BCUT2D eigenvalue weighted by molar-refractivity contribution is -0.274. The van der Waals surface area contributed by atoms with Gasteiger partial charge in [-0.1, -0.05) is 6.07 Å². The predicted octanol–water partition coefficient (Wildman–Crippen LogP) is 3.46. The van der Waals surface area contributed by atoms with Gasteiger partial charge in [0.1, 0.15) is 5.75 Å². The summed E-state index contributed by atoms with van der Waals surface area (Å²) in [5.41, 5.74) is 0.841. The molecule has 0 amide bonds. The normalized spacial score (nSPS) is 11.1. The predicted molar refractivity (Wildman–Crippen MR) is 66.0 cm³/mol. The van der Waals surface area contributed by atoms with E-state index >= 15 is 0 Å². The quantitative estimate of drug-likeness (QED) is 0.662. The number of terminal acetylenes is 1. The molecule has 0 radical (unpaired) electrons. The molecule has 0 aliphatic carbocycles. The molecule has 0 bridgehead atoms. The minimum Gasteiger partial charge on any atom is -0.405 e. The fraction of sp³-hybridized carbons (Fsp3) is 0.333. The average molecular weight is 322 g/mol. The summed E-state index contributed by atoms with van der Waals surface area (Å²) >= 11 is 3.04. The summed E-state index contributed by atoms with van der Waals surface area (Å²) in [4.78, 5) is 0. The lowest BCUT2D eigenvalue weighted by atomic mass is 10.2. The monoisotopic (exact) mass is 321 g/mol. The summed E-state index contributed by atoms with van der Waals surface area (Å²) < 4.78 is 40.2.